The van der Waals surface area contributed by atoms with E-state index in [1.807, 2.05) is 75.7 Å². The first-order valence-electron chi connectivity index (χ1n) is 20.4. The van der Waals surface area contributed by atoms with Crippen LogP contribution in [0.2, 0.25) is 0 Å². The average Bonchev–Trinajstić information content (AvgIpc) is 4.04. The molecule has 8 rings (SSSR count). The van der Waals surface area contributed by atoms with Gasteiger partial charge in [0.15, 0.2) is 11.4 Å². The number of amides is 1. The van der Waals surface area contributed by atoms with Gasteiger partial charge < -0.3 is 29.8 Å². The lowest BCUT2D eigenvalue weighted by molar-refractivity contribution is -0.134. The fraction of sp³-hybridized carbons (Fsp3) is 0.422. The number of fused-ring (bicyclic) bond motifs is 3. The number of aromatic nitrogens is 5. The van der Waals surface area contributed by atoms with Gasteiger partial charge in [0.2, 0.25) is 5.91 Å². The lowest BCUT2D eigenvalue weighted by Gasteiger charge is -2.31. The Morgan fingerprint density at radius 1 is 1.07 bits per heavy atom. The minimum atomic E-state index is -0.753. The highest BCUT2D eigenvalue weighted by Gasteiger charge is 2.46. The molecular formula is C45H51N7O6S. The molecule has 1 unspecified atom stereocenters. The van der Waals surface area contributed by atoms with Gasteiger partial charge in [-0.15, -0.1) is 21.5 Å². The number of rotatable bonds is 14. The van der Waals surface area contributed by atoms with E-state index in [1.165, 1.54) is 11.3 Å². The fourth-order valence-electron chi connectivity index (χ4n) is 8.90. The number of carbonyl (C=O) groups excluding carboxylic acids is 2. The number of hydrogen-bond acceptors (Lipinski definition) is 12. The van der Waals surface area contributed by atoms with Crippen molar-refractivity contribution in [2.75, 3.05) is 20.2 Å². The molecule has 4 N–H and O–H groups in total. The summed E-state index contributed by atoms with van der Waals surface area (Å²) in [6.45, 7) is 8.82. The highest BCUT2D eigenvalue weighted by Crippen LogP contribution is 2.40. The second-order valence-corrected chi connectivity index (χ2v) is 17.3. The number of aromatic hydroxyl groups is 1. The predicted octanol–water partition coefficient (Wildman–Crippen LogP) is 7.19. The molecule has 2 aliphatic rings. The number of hydrogen-bond donors (Lipinski definition) is 4. The minimum absolute atomic E-state index is 0.135. The van der Waals surface area contributed by atoms with Crippen LogP contribution >= 0.6 is 11.3 Å². The number of phenols is 1. The Bertz CT molecular complexity index is 2440. The molecule has 0 saturated heterocycles. The Hall–Kier alpha value is -5.44. The van der Waals surface area contributed by atoms with Crippen LogP contribution < -0.4 is 10.1 Å². The highest BCUT2D eigenvalue weighted by atomic mass is 32.1. The molecule has 1 fully saturated rings. The summed E-state index contributed by atoms with van der Waals surface area (Å²) >= 11 is 1.59. The van der Waals surface area contributed by atoms with Gasteiger partial charge in [-0.3, -0.25) is 14.5 Å². The zero-order chi connectivity index (χ0) is 41.4. The number of likely N-dealkylation sites (N-methyl/N-ethyl adjacent to an activating group) is 1. The first kappa shape index (κ1) is 40.3. The number of ketones is 1. The van der Waals surface area contributed by atoms with Gasteiger partial charge in [-0.1, -0.05) is 50.2 Å². The lowest BCUT2D eigenvalue weighted by Crippen LogP contribution is -2.38. The van der Waals surface area contributed by atoms with E-state index in [-0.39, 0.29) is 48.3 Å². The summed E-state index contributed by atoms with van der Waals surface area (Å²) in [5.74, 6) is -1.64. The van der Waals surface area contributed by atoms with Crippen molar-refractivity contribution in [2.24, 2.45) is 17.8 Å². The zero-order valence-electron chi connectivity index (χ0n) is 34.0. The number of nitrogens with one attached hydrogen (secondary N) is 2. The van der Waals surface area contributed by atoms with Crippen molar-refractivity contribution in [1.29, 1.82) is 0 Å². The van der Waals surface area contributed by atoms with E-state index >= 15 is 0 Å². The van der Waals surface area contributed by atoms with Crippen LogP contribution in [0, 0.1) is 24.7 Å². The SMILES string of the molecule is Cc1ncsc1-c1ccc([C@H](C)NC(=O)[C@@H]2C[C@@H](O)CC2C(=O)[C@@H](c2cc(OCCN(C)[C@@H]3CCc4[nH]c5nnc(-c6ccccc6O)cc5c4C3)no2)C(C)C)cc1. The summed E-state index contributed by atoms with van der Waals surface area (Å²) in [5.41, 5.74) is 9.26. The van der Waals surface area contributed by atoms with Gasteiger partial charge in [-0.05, 0) is 99.0 Å². The van der Waals surface area contributed by atoms with Gasteiger partial charge in [0.05, 0.1) is 45.8 Å². The maximum atomic E-state index is 14.3. The van der Waals surface area contributed by atoms with Gasteiger partial charge in [0, 0.05) is 41.2 Å². The van der Waals surface area contributed by atoms with Crippen molar-refractivity contribution in [3.63, 3.8) is 0 Å². The summed E-state index contributed by atoms with van der Waals surface area (Å²) < 4.78 is 11.8. The number of Topliss-reactive ketones (excluding diaryl/α,β-unsaturated/α-hetero) is 1. The smallest absolute Gasteiger partial charge is 0.254 e. The molecule has 0 bridgehead atoms. The fourth-order valence-corrected chi connectivity index (χ4v) is 9.71. The summed E-state index contributed by atoms with van der Waals surface area (Å²) in [4.78, 5) is 39.2. The van der Waals surface area contributed by atoms with E-state index in [9.17, 15) is 19.8 Å². The molecule has 4 heterocycles. The number of nitrogens with zero attached hydrogens (tertiary/aromatic N) is 5. The summed E-state index contributed by atoms with van der Waals surface area (Å²) in [7, 11) is 2.09. The number of carbonyl (C=O) groups is 2. The van der Waals surface area contributed by atoms with Crippen LogP contribution in [-0.4, -0.2) is 84.5 Å². The molecule has 2 aliphatic carbocycles. The van der Waals surface area contributed by atoms with E-state index in [0.29, 0.717) is 36.0 Å². The second kappa shape index (κ2) is 17.0. The Morgan fingerprint density at radius 2 is 1.85 bits per heavy atom. The molecule has 308 valence electrons. The molecule has 0 aliphatic heterocycles. The van der Waals surface area contributed by atoms with Crippen LogP contribution in [0.5, 0.6) is 11.6 Å². The Labute approximate surface area is 347 Å². The van der Waals surface area contributed by atoms with Crippen molar-refractivity contribution in [3.8, 4) is 33.3 Å². The van der Waals surface area contributed by atoms with Crippen LogP contribution in [-0.2, 0) is 22.4 Å². The number of thiazole rings is 1. The maximum absolute atomic E-state index is 14.3. The second-order valence-electron chi connectivity index (χ2n) is 16.5. The average molecular weight is 818 g/mol. The third kappa shape index (κ3) is 8.39. The number of para-hydroxylation sites is 1. The van der Waals surface area contributed by atoms with Crippen LogP contribution in [0.15, 0.2) is 70.7 Å². The minimum Gasteiger partial charge on any atom is -0.507 e. The molecule has 0 spiro atoms. The largest absolute Gasteiger partial charge is 0.507 e. The van der Waals surface area contributed by atoms with Crippen molar-refractivity contribution in [2.45, 2.75) is 83.9 Å². The van der Waals surface area contributed by atoms with Gasteiger partial charge in [0.25, 0.3) is 5.88 Å². The Morgan fingerprint density at radius 3 is 2.59 bits per heavy atom. The van der Waals surface area contributed by atoms with Crippen molar-refractivity contribution in [3.05, 3.63) is 94.4 Å². The monoisotopic (exact) mass is 817 g/mol. The van der Waals surface area contributed by atoms with Crippen LogP contribution in [0.3, 0.4) is 0 Å². The number of aryl methyl sites for hydroxylation is 2. The molecule has 1 saturated carbocycles. The van der Waals surface area contributed by atoms with Crippen LogP contribution in [0.4, 0.5) is 0 Å². The molecule has 59 heavy (non-hydrogen) atoms. The molecule has 1 amide bonds. The van der Waals surface area contributed by atoms with Gasteiger partial charge in [0.1, 0.15) is 18.1 Å². The summed E-state index contributed by atoms with van der Waals surface area (Å²) in [6, 6.07) is 18.9. The highest BCUT2D eigenvalue weighted by molar-refractivity contribution is 7.13. The van der Waals surface area contributed by atoms with Crippen molar-refractivity contribution < 1.29 is 29.1 Å². The predicted molar refractivity (Wildman–Crippen MR) is 225 cm³/mol. The maximum Gasteiger partial charge on any atom is 0.254 e. The molecule has 13 nitrogen and oxygen atoms in total. The molecular weight excluding hydrogens is 767 g/mol. The van der Waals surface area contributed by atoms with Crippen LogP contribution in [0.25, 0.3) is 32.7 Å². The van der Waals surface area contributed by atoms with Crippen LogP contribution in [0.1, 0.15) is 80.3 Å². The third-order valence-electron chi connectivity index (χ3n) is 12.2. The number of ether oxygens (including phenoxy) is 1. The molecule has 14 heteroatoms. The summed E-state index contributed by atoms with van der Waals surface area (Å²) in [6.07, 6.45) is 2.37. The van der Waals surface area contributed by atoms with Gasteiger partial charge in [-0.25, -0.2) is 4.98 Å². The number of aliphatic hydroxyl groups is 1. The van der Waals surface area contributed by atoms with E-state index in [1.54, 1.807) is 29.5 Å². The molecule has 6 atom stereocenters. The van der Waals surface area contributed by atoms with Gasteiger partial charge >= 0.3 is 0 Å². The molecule has 0 radical (unpaired) electrons. The van der Waals surface area contributed by atoms with Crippen molar-refractivity contribution >= 4 is 34.1 Å². The summed E-state index contributed by atoms with van der Waals surface area (Å²) in [5, 5.41) is 38.2. The lowest BCUT2D eigenvalue weighted by atomic mass is 9.79. The number of aromatic amines is 1. The normalized spacial score (nSPS) is 20.2. The third-order valence-corrected chi connectivity index (χ3v) is 13.2. The molecule has 2 aromatic carbocycles. The van der Waals surface area contributed by atoms with Gasteiger partial charge in [-0.2, -0.15) is 0 Å². The first-order valence-corrected chi connectivity index (χ1v) is 21.3. The van der Waals surface area contributed by atoms with E-state index in [2.05, 4.69) is 42.6 Å². The first-order chi connectivity index (χ1) is 28.4. The van der Waals surface area contributed by atoms with Crippen molar-refractivity contribution in [1.82, 2.24) is 35.5 Å². The standard InChI is InChI=1S/C45H51N7O6S/c1-24(2)41(42(55)33-19-30(53)20-35(33)45(56)47-25(3)27-10-12-28(13-11-27)43-26(4)46-23-59-43)39-22-40(51-58-39)57-17-16-52(5)29-14-15-36-32(18-29)34-21-37(49-50-44(34)48-36)31-8-6-7-9-38(31)54/h6-13,21-25,29-30,33,35,41,53-54H,14-20H2,1-5H3,(H,47,56)(H,48,50)/t25-,29+,30-,33?,35+,41+/m0/s1. The topological polar surface area (TPSA) is 180 Å². The quantitative estimate of drug-likeness (QED) is 0.0874. The molecule has 6 aromatic rings. The van der Waals surface area contributed by atoms with E-state index < -0.39 is 23.9 Å². The number of H-pyrrole nitrogens is 1. The molecule has 4 aromatic heterocycles. The number of benzene rings is 2. The zero-order valence-corrected chi connectivity index (χ0v) is 34.8. The van der Waals surface area contributed by atoms with E-state index in [0.717, 1.165) is 52.0 Å². The Kier molecular flexibility index (Phi) is 11.7. The van der Waals surface area contributed by atoms with E-state index in [4.69, 9.17) is 9.26 Å². The Balaban J connectivity index is 0.872. The number of aliphatic hydroxyl groups excluding tert-OH is 1. The number of phenolic OH excluding ortho intramolecular Hbond substituents is 1.